The van der Waals surface area contributed by atoms with Crippen molar-refractivity contribution in [2.24, 2.45) is 0 Å². The fraction of sp³-hybridized carbons (Fsp3) is 0.333. The Hall–Kier alpha value is -1.80. The molecular weight excluding hydrogens is 374 g/mol. The van der Waals surface area contributed by atoms with E-state index < -0.39 is 16.3 Å². The van der Waals surface area contributed by atoms with Crippen LogP contribution in [0.5, 0.6) is 0 Å². The van der Waals surface area contributed by atoms with Gasteiger partial charge in [-0.15, -0.1) is 12.4 Å². The maximum absolute atomic E-state index is 13.1. The van der Waals surface area contributed by atoms with Crippen LogP contribution >= 0.6 is 12.4 Å². The van der Waals surface area contributed by atoms with E-state index in [0.29, 0.717) is 30.0 Å². The fourth-order valence-corrected chi connectivity index (χ4v) is 4.77. The summed E-state index contributed by atoms with van der Waals surface area (Å²) >= 11 is 0. The summed E-state index contributed by atoms with van der Waals surface area (Å²) in [6.45, 7) is 0.732. The SMILES string of the molecule is CN(C)CC(O)CCN1c2ccccc2N(c2ccccc2)S1(=O)=O.Cl. The molecule has 2 aromatic rings. The second-order valence-corrected chi connectivity index (χ2v) is 8.07. The molecule has 1 aliphatic rings. The van der Waals surface area contributed by atoms with Crippen molar-refractivity contribution < 1.29 is 13.5 Å². The third-order valence-electron chi connectivity index (χ3n) is 4.11. The Balaban J connectivity index is 0.00000243. The van der Waals surface area contributed by atoms with E-state index in [4.69, 9.17) is 0 Å². The van der Waals surface area contributed by atoms with Gasteiger partial charge in [-0.25, -0.2) is 4.31 Å². The van der Waals surface area contributed by atoms with Gasteiger partial charge in [-0.2, -0.15) is 8.42 Å². The van der Waals surface area contributed by atoms with Gasteiger partial charge in [0.05, 0.1) is 23.2 Å². The second-order valence-electron chi connectivity index (χ2n) is 6.37. The minimum atomic E-state index is -3.72. The molecule has 142 valence electrons. The molecule has 1 N–H and O–H groups in total. The number of hydrogen-bond donors (Lipinski definition) is 1. The van der Waals surface area contributed by atoms with Gasteiger partial charge < -0.3 is 10.0 Å². The predicted octanol–water partition coefficient (Wildman–Crippen LogP) is 2.62. The molecule has 0 aliphatic carbocycles. The van der Waals surface area contributed by atoms with Crippen LogP contribution in [0.4, 0.5) is 17.1 Å². The summed E-state index contributed by atoms with van der Waals surface area (Å²) in [7, 11) is 0.0322. The number of rotatable bonds is 6. The van der Waals surface area contributed by atoms with Crippen molar-refractivity contribution in [3.05, 3.63) is 54.6 Å². The van der Waals surface area contributed by atoms with Gasteiger partial charge in [0.15, 0.2) is 0 Å². The van der Waals surface area contributed by atoms with Crippen LogP contribution in [0.1, 0.15) is 6.42 Å². The third kappa shape index (κ3) is 3.96. The lowest BCUT2D eigenvalue weighted by Gasteiger charge is -2.23. The van der Waals surface area contributed by atoms with Crippen LogP contribution in [0.25, 0.3) is 0 Å². The van der Waals surface area contributed by atoms with Crippen LogP contribution in [0, 0.1) is 0 Å². The van der Waals surface area contributed by atoms with Gasteiger partial charge in [0.1, 0.15) is 0 Å². The van der Waals surface area contributed by atoms with Crippen molar-refractivity contribution in [1.29, 1.82) is 0 Å². The second kappa shape index (κ2) is 8.26. The first-order chi connectivity index (χ1) is 11.9. The van der Waals surface area contributed by atoms with Gasteiger partial charge >= 0.3 is 10.2 Å². The molecule has 0 saturated carbocycles. The summed E-state index contributed by atoms with van der Waals surface area (Å²) in [5.74, 6) is 0. The number of halogens is 1. The molecule has 6 nitrogen and oxygen atoms in total. The molecule has 0 saturated heterocycles. The third-order valence-corrected chi connectivity index (χ3v) is 5.92. The van der Waals surface area contributed by atoms with E-state index in [2.05, 4.69) is 0 Å². The first-order valence-corrected chi connectivity index (χ1v) is 9.61. The van der Waals surface area contributed by atoms with Crippen LogP contribution in [-0.4, -0.2) is 51.7 Å². The summed E-state index contributed by atoms with van der Waals surface area (Å²) in [5, 5.41) is 10.1. The summed E-state index contributed by atoms with van der Waals surface area (Å²) in [4.78, 5) is 1.88. The highest BCUT2D eigenvalue weighted by Crippen LogP contribution is 2.45. The van der Waals surface area contributed by atoms with Crippen LogP contribution in [0.3, 0.4) is 0 Å². The molecule has 26 heavy (non-hydrogen) atoms. The highest BCUT2D eigenvalue weighted by molar-refractivity contribution is 7.95. The van der Waals surface area contributed by atoms with Crippen molar-refractivity contribution in [3.8, 4) is 0 Å². The zero-order valence-corrected chi connectivity index (χ0v) is 16.4. The number of benzene rings is 2. The van der Waals surface area contributed by atoms with Gasteiger partial charge in [-0.1, -0.05) is 30.3 Å². The maximum atomic E-state index is 13.1. The van der Waals surface area contributed by atoms with Crippen LogP contribution in [0.2, 0.25) is 0 Å². The molecule has 0 aromatic heterocycles. The lowest BCUT2D eigenvalue weighted by molar-refractivity contribution is 0.131. The van der Waals surface area contributed by atoms with Crippen molar-refractivity contribution >= 4 is 39.7 Å². The Morgan fingerprint density at radius 3 is 2.19 bits per heavy atom. The molecule has 0 fully saturated rings. The van der Waals surface area contributed by atoms with E-state index in [1.807, 2.05) is 49.3 Å². The molecule has 8 heteroatoms. The lowest BCUT2D eigenvalue weighted by Crippen LogP contribution is -2.38. The van der Waals surface area contributed by atoms with Crippen LogP contribution in [0.15, 0.2) is 54.6 Å². The van der Waals surface area contributed by atoms with E-state index in [9.17, 15) is 13.5 Å². The maximum Gasteiger partial charge on any atom is 0.330 e. The van der Waals surface area contributed by atoms with E-state index >= 15 is 0 Å². The topological polar surface area (TPSA) is 64.1 Å². The molecule has 1 heterocycles. The fourth-order valence-electron chi connectivity index (χ4n) is 3.04. The highest BCUT2D eigenvalue weighted by atomic mass is 35.5. The quantitative estimate of drug-likeness (QED) is 0.813. The molecule has 0 amide bonds. The molecule has 0 radical (unpaired) electrons. The van der Waals surface area contributed by atoms with Crippen LogP contribution in [-0.2, 0) is 10.2 Å². The molecule has 1 atom stereocenters. The average molecular weight is 398 g/mol. The first-order valence-electron chi connectivity index (χ1n) is 8.21. The molecule has 1 unspecified atom stereocenters. The van der Waals surface area contributed by atoms with Gasteiger partial charge in [-0.3, -0.25) is 4.31 Å². The summed E-state index contributed by atoms with van der Waals surface area (Å²) in [6, 6.07) is 16.3. The average Bonchev–Trinajstić information content (AvgIpc) is 2.79. The van der Waals surface area contributed by atoms with E-state index in [1.54, 1.807) is 24.3 Å². The number of nitrogens with zero attached hydrogens (tertiary/aromatic N) is 3. The van der Waals surface area contributed by atoms with Crippen molar-refractivity contribution in [2.45, 2.75) is 12.5 Å². The van der Waals surface area contributed by atoms with Gasteiger partial charge in [0.25, 0.3) is 0 Å². The summed E-state index contributed by atoms with van der Waals surface area (Å²) in [6.07, 6.45) is -0.211. The Labute approximate surface area is 161 Å². The number of aliphatic hydroxyl groups excluding tert-OH is 1. The number of para-hydroxylation sites is 3. The number of fused-ring (bicyclic) bond motifs is 1. The van der Waals surface area contributed by atoms with Crippen molar-refractivity contribution in [1.82, 2.24) is 4.90 Å². The molecule has 1 aliphatic heterocycles. The number of aliphatic hydroxyl groups is 1. The Morgan fingerprint density at radius 1 is 1.00 bits per heavy atom. The predicted molar refractivity (Wildman–Crippen MR) is 108 cm³/mol. The Bertz CT molecular complexity index is 831. The summed E-state index contributed by atoms with van der Waals surface area (Å²) in [5.41, 5.74) is 1.88. The summed E-state index contributed by atoms with van der Waals surface area (Å²) < 4.78 is 29.0. The van der Waals surface area contributed by atoms with Crippen molar-refractivity contribution in [2.75, 3.05) is 35.8 Å². The molecule has 2 aromatic carbocycles. The number of hydrogen-bond acceptors (Lipinski definition) is 4. The molecule has 3 rings (SSSR count). The Morgan fingerprint density at radius 2 is 1.58 bits per heavy atom. The largest absolute Gasteiger partial charge is 0.392 e. The lowest BCUT2D eigenvalue weighted by atomic mass is 10.2. The minimum absolute atomic E-state index is 0. The van der Waals surface area contributed by atoms with Gasteiger partial charge in [0.2, 0.25) is 0 Å². The van der Waals surface area contributed by atoms with Crippen LogP contribution < -0.4 is 8.61 Å². The smallest absolute Gasteiger partial charge is 0.330 e. The van der Waals surface area contributed by atoms with Gasteiger partial charge in [0, 0.05) is 13.1 Å². The standard InChI is InChI=1S/C18H23N3O3S.ClH/c1-19(2)14-16(22)12-13-20-17-10-6-7-11-18(17)21(25(20,23)24)15-8-4-3-5-9-15;/h3-11,16,22H,12-14H2,1-2H3;1H. The minimum Gasteiger partial charge on any atom is -0.392 e. The van der Waals surface area contributed by atoms with Gasteiger partial charge in [-0.05, 0) is 44.8 Å². The number of likely N-dealkylation sites (N-methyl/N-ethyl adjacent to an activating group) is 1. The van der Waals surface area contributed by atoms with E-state index in [-0.39, 0.29) is 19.0 Å². The first kappa shape index (κ1) is 20.5. The van der Waals surface area contributed by atoms with E-state index in [1.165, 1.54) is 8.61 Å². The molecule has 0 bridgehead atoms. The molecule has 0 spiro atoms. The zero-order chi connectivity index (χ0) is 18.0. The molecular formula is C18H24ClN3O3S. The Kier molecular flexibility index (Phi) is 6.52. The zero-order valence-electron chi connectivity index (χ0n) is 14.8. The van der Waals surface area contributed by atoms with Crippen molar-refractivity contribution in [3.63, 3.8) is 0 Å². The van der Waals surface area contributed by atoms with E-state index in [0.717, 1.165) is 0 Å². The monoisotopic (exact) mass is 397 g/mol. The number of anilines is 3. The highest BCUT2D eigenvalue weighted by Gasteiger charge is 2.40. The normalized spacial score (nSPS) is 16.3.